The van der Waals surface area contributed by atoms with Crippen LogP contribution in [0.1, 0.15) is 12.8 Å². The molecule has 4 heteroatoms. The van der Waals surface area contributed by atoms with Crippen LogP contribution in [0.4, 0.5) is 0 Å². The third-order valence-electron chi connectivity index (χ3n) is 2.74. The van der Waals surface area contributed by atoms with Gasteiger partial charge >= 0.3 is 82.8 Å². The van der Waals surface area contributed by atoms with E-state index in [1.807, 2.05) is 0 Å². The first-order valence-electron chi connectivity index (χ1n) is 4.26. The molecule has 1 saturated heterocycles. The summed E-state index contributed by atoms with van der Waals surface area (Å²) in [5, 5.41) is 0. The fraction of sp³-hybridized carbons (Fsp3) is 0.875. The molecule has 1 aliphatic heterocycles. The predicted octanol–water partition coefficient (Wildman–Crippen LogP) is -2.84. The molecule has 1 N–H and O–H groups in total. The summed E-state index contributed by atoms with van der Waals surface area (Å²) in [4.78, 5) is 11.4. The maximum absolute atomic E-state index is 11.4. The van der Waals surface area contributed by atoms with Gasteiger partial charge in [0.05, 0.1) is 0 Å². The summed E-state index contributed by atoms with van der Waals surface area (Å²) in [5.74, 6) is 0.837. The van der Waals surface area contributed by atoms with Crippen molar-refractivity contribution in [2.75, 3.05) is 13.7 Å². The summed E-state index contributed by atoms with van der Waals surface area (Å²) in [6.45, 7) is 1.05. The van der Waals surface area contributed by atoms with Crippen LogP contribution >= 0.6 is 0 Å². The van der Waals surface area contributed by atoms with Crippen molar-refractivity contribution in [3.8, 4) is 0 Å². The average molecular weight is 282 g/mol. The van der Waals surface area contributed by atoms with Gasteiger partial charge in [0.25, 0.3) is 0 Å². The number of esters is 1. The minimum atomic E-state index is 0.0312. The van der Waals surface area contributed by atoms with E-state index in [2.05, 4.69) is 3.53 Å². The molecule has 2 aliphatic rings. The van der Waals surface area contributed by atoms with E-state index in [9.17, 15) is 4.79 Å². The molecule has 3 nitrogen and oxygen atoms in total. The number of hydrogen-bond donors (Lipinski definition) is 1. The molecule has 1 heterocycles. The van der Waals surface area contributed by atoms with Crippen LogP contribution in [0.15, 0.2) is 0 Å². The van der Waals surface area contributed by atoms with Crippen molar-refractivity contribution in [1.82, 2.24) is 3.53 Å². The number of halogens is 1. The second-order valence-electron chi connectivity index (χ2n) is 3.35. The van der Waals surface area contributed by atoms with Crippen LogP contribution in [0.2, 0.25) is 0 Å². The molecule has 70 valence electrons. The number of rotatable bonds is 1. The molecule has 1 saturated carbocycles. The molecule has 12 heavy (non-hydrogen) atoms. The molecule has 1 aliphatic carbocycles. The molecule has 0 aromatic rings. The number of fused-ring (bicyclic) bond motifs is 2. The van der Waals surface area contributed by atoms with Gasteiger partial charge in [0.1, 0.15) is 0 Å². The average Bonchev–Trinajstić information content (AvgIpc) is 2.35. The summed E-state index contributed by atoms with van der Waals surface area (Å²) >= 11 is 0.0597. The molecule has 0 aromatic heterocycles. The quantitative estimate of drug-likeness (QED) is 0.244. The third kappa shape index (κ3) is 1.35. The number of hydrogen-bond acceptors (Lipinski definition) is 3. The van der Waals surface area contributed by atoms with Gasteiger partial charge in [-0.3, -0.25) is 0 Å². The van der Waals surface area contributed by atoms with Crippen LogP contribution in [0.25, 0.3) is 0 Å². The Hall–Kier alpha value is 0.160. The van der Waals surface area contributed by atoms with Gasteiger partial charge in [-0.15, -0.1) is 0 Å². The maximum atomic E-state index is 11.4. The van der Waals surface area contributed by atoms with E-state index in [1.54, 1.807) is 0 Å². The topological polar surface area (TPSA) is 38.3 Å². The van der Waals surface area contributed by atoms with Gasteiger partial charge in [-0.25, -0.2) is 0 Å². The number of nitrogens with one attached hydrogen (secondary N) is 1. The monoisotopic (exact) mass is 282 g/mol. The molecule has 3 atom stereocenters. The van der Waals surface area contributed by atoms with Crippen molar-refractivity contribution in [3.63, 3.8) is 0 Å². The van der Waals surface area contributed by atoms with Crippen molar-refractivity contribution in [3.05, 3.63) is 0 Å². The number of carbonyl (C=O) groups is 1. The zero-order valence-corrected chi connectivity index (χ0v) is 9.21. The van der Waals surface area contributed by atoms with Crippen LogP contribution in [0, 0.1) is 11.8 Å². The van der Waals surface area contributed by atoms with E-state index in [1.165, 1.54) is 20.0 Å². The third-order valence-corrected chi connectivity index (χ3v) is 5.82. The zero-order chi connectivity index (χ0) is 8.55. The van der Waals surface area contributed by atoms with Crippen LogP contribution in [-0.4, -0.2) is 23.5 Å². The Kier molecular flexibility index (Phi) is 2.55. The van der Waals surface area contributed by atoms with Gasteiger partial charge in [0.15, 0.2) is 0 Å². The molecule has 0 aromatic carbocycles. The molecule has 0 radical (unpaired) electrons. The Morgan fingerprint density at radius 1 is 1.58 bits per heavy atom. The molecule has 2 fully saturated rings. The van der Waals surface area contributed by atoms with Crippen LogP contribution in [0.5, 0.6) is 0 Å². The van der Waals surface area contributed by atoms with Crippen LogP contribution < -0.4 is 25.0 Å². The van der Waals surface area contributed by atoms with E-state index in [0.29, 0.717) is 9.84 Å². The Bertz CT molecular complexity index is 181. The van der Waals surface area contributed by atoms with Gasteiger partial charge in [0.2, 0.25) is 0 Å². The molecule has 3 unspecified atom stereocenters. The first-order valence-corrected chi connectivity index (χ1v) is 6.58. The fourth-order valence-corrected chi connectivity index (χ4v) is 5.42. The Balaban J connectivity index is 2.10. The van der Waals surface area contributed by atoms with E-state index in [4.69, 9.17) is 4.74 Å². The minimum absolute atomic E-state index is 0.0312. The normalized spacial score (nSPS) is 40.2. The summed E-state index contributed by atoms with van der Waals surface area (Å²) < 4.78 is 8.93. The molecule has 2 rings (SSSR count). The number of methoxy groups -OCH3 is 1. The first kappa shape index (κ1) is 8.74. The van der Waals surface area contributed by atoms with Gasteiger partial charge in [-0.05, 0) is 0 Å². The van der Waals surface area contributed by atoms with Crippen molar-refractivity contribution in [2.24, 2.45) is 11.8 Å². The first-order chi connectivity index (χ1) is 5.83. The Morgan fingerprint density at radius 2 is 2.42 bits per heavy atom. The zero-order valence-electron chi connectivity index (χ0n) is 7.05. The van der Waals surface area contributed by atoms with Crippen molar-refractivity contribution in [1.29, 1.82) is 0 Å². The van der Waals surface area contributed by atoms with Crippen molar-refractivity contribution in [2.45, 2.75) is 16.8 Å². The predicted molar refractivity (Wildman–Crippen MR) is 40.0 cm³/mol. The SMILES string of the molecule is COC(=O)C1C2CCC1[I-]NC2. The molecular weight excluding hydrogens is 269 g/mol. The van der Waals surface area contributed by atoms with E-state index in [0.717, 1.165) is 6.54 Å². The number of ether oxygens (including phenoxy) is 1. The van der Waals surface area contributed by atoms with Crippen LogP contribution in [0.3, 0.4) is 0 Å². The van der Waals surface area contributed by atoms with Gasteiger partial charge in [-0.1, -0.05) is 0 Å². The van der Waals surface area contributed by atoms with Gasteiger partial charge in [-0.2, -0.15) is 0 Å². The fourth-order valence-electron chi connectivity index (χ4n) is 2.10. The van der Waals surface area contributed by atoms with Crippen molar-refractivity contribution >= 4 is 5.97 Å². The standard InChI is InChI=1S/C8H13INO2/c1-12-8(11)7-5-2-3-6(7)9-10-4-5/h5-7,10H,2-4H2,1H3/q-1. The summed E-state index contributed by atoms with van der Waals surface area (Å²) in [7, 11) is 1.50. The summed E-state index contributed by atoms with van der Waals surface area (Å²) in [5.41, 5.74) is 0. The molecule has 0 amide bonds. The van der Waals surface area contributed by atoms with Crippen molar-refractivity contribution < 1.29 is 31.0 Å². The summed E-state index contributed by atoms with van der Waals surface area (Å²) in [6.07, 6.45) is 2.46. The number of alkyl halides is 1. The Labute approximate surface area is 82.8 Å². The Morgan fingerprint density at radius 3 is 3.08 bits per heavy atom. The van der Waals surface area contributed by atoms with E-state index < -0.39 is 0 Å². The van der Waals surface area contributed by atoms with Gasteiger partial charge < -0.3 is 0 Å². The van der Waals surface area contributed by atoms with Crippen LogP contribution in [-0.2, 0) is 9.53 Å². The number of carbonyl (C=O) groups excluding carboxylic acids is 1. The molecule has 2 bridgehead atoms. The molecule has 0 spiro atoms. The molecular formula is C8H13INO2-. The van der Waals surface area contributed by atoms with E-state index in [-0.39, 0.29) is 33.4 Å². The van der Waals surface area contributed by atoms with E-state index >= 15 is 0 Å². The summed E-state index contributed by atoms with van der Waals surface area (Å²) in [6, 6.07) is 0. The van der Waals surface area contributed by atoms with Gasteiger partial charge in [0, 0.05) is 0 Å². The second kappa shape index (κ2) is 3.49. The second-order valence-corrected chi connectivity index (χ2v) is 6.33.